The topological polar surface area (TPSA) is 95.0 Å². The summed E-state index contributed by atoms with van der Waals surface area (Å²) in [5, 5.41) is 22.4. The molecule has 0 fully saturated rings. The van der Waals surface area contributed by atoms with Gasteiger partial charge in [0.1, 0.15) is 11.1 Å². The van der Waals surface area contributed by atoms with Crippen LogP contribution in [0.3, 0.4) is 0 Å². The van der Waals surface area contributed by atoms with Crippen LogP contribution in [0.25, 0.3) is 16.6 Å². The van der Waals surface area contributed by atoms with E-state index in [0.29, 0.717) is 0 Å². The highest BCUT2D eigenvalue weighted by molar-refractivity contribution is 7.99. The lowest BCUT2D eigenvalue weighted by Gasteiger charge is -2.14. The number of nitrogens with one attached hydrogen (secondary N) is 1. The molecular formula is C15H14N8OS. The zero-order valence-electron chi connectivity index (χ0n) is 13.5. The number of tetrazole rings is 1. The van der Waals surface area contributed by atoms with Crippen LogP contribution in [0.2, 0.25) is 0 Å². The largest absolute Gasteiger partial charge is 0.497 e. The number of aryl methyl sites for hydroxylation is 1. The summed E-state index contributed by atoms with van der Waals surface area (Å²) in [5.41, 5.74) is 6.08. The van der Waals surface area contributed by atoms with Gasteiger partial charge in [0.15, 0.2) is 11.5 Å². The molecular weight excluding hydrogens is 340 g/mol. The molecule has 1 N–H and O–H groups in total. The summed E-state index contributed by atoms with van der Waals surface area (Å²) in [7, 11) is 1.66. The summed E-state index contributed by atoms with van der Waals surface area (Å²) in [6, 6.07) is 7.94. The number of fused-ring (bicyclic) bond motifs is 4. The molecule has 0 spiro atoms. The second-order valence-electron chi connectivity index (χ2n) is 5.65. The van der Waals surface area contributed by atoms with Gasteiger partial charge in [-0.2, -0.15) is 4.52 Å². The molecule has 0 saturated carbocycles. The first kappa shape index (κ1) is 14.5. The molecule has 1 atom stereocenters. The molecule has 4 heterocycles. The van der Waals surface area contributed by atoms with Crippen molar-refractivity contribution in [2.24, 2.45) is 0 Å². The molecule has 1 unspecified atom stereocenters. The first-order valence-corrected chi connectivity index (χ1v) is 8.72. The minimum atomic E-state index is -0.0418. The van der Waals surface area contributed by atoms with E-state index in [2.05, 4.69) is 44.1 Å². The van der Waals surface area contributed by atoms with Crippen molar-refractivity contribution < 1.29 is 4.74 Å². The van der Waals surface area contributed by atoms with Gasteiger partial charge in [0.2, 0.25) is 5.16 Å². The van der Waals surface area contributed by atoms with Crippen LogP contribution in [0.5, 0.6) is 5.75 Å². The Balaban J connectivity index is 1.67. The Morgan fingerprint density at radius 2 is 2.16 bits per heavy atom. The predicted molar refractivity (Wildman–Crippen MR) is 92.2 cm³/mol. The minimum absolute atomic E-state index is 0.0418. The number of rotatable bonds is 3. The summed E-state index contributed by atoms with van der Waals surface area (Å²) in [6.07, 6.45) is 0.810. The maximum atomic E-state index is 5.35. The molecule has 5 rings (SSSR count). The molecule has 0 aliphatic carbocycles. The second-order valence-corrected chi connectivity index (χ2v) is 6.73. The zero-order valence-corrected chi connectivity index (χ0v) is 14.4. The van der Waals surface area contributed by atoms with Crippen molar-refractivity contribution in [1.82, 2.24) is 34.9 Å². The predicted octanol–water partition coefficient (Wildman–Crippen LogP) is 1.79. The van der Waals surface area contributed by atoms with E-state index in [0.717, 1.165) is 45.3 Å². The summed E-state index contributed by atoms with van der Waals surface area (Å²) in [4.78, 5) is 0. The molecule has 1 aliphatic heterocycles. The van der Waals surface area contributed by atoms with E-state index in [1.54, 1.807) is 23.4 Å². The SMILES string of the molecule is CCc1nnc2n1NC(c1cc3cc(OC)ccc3n3nnnc13)S2. The van der Waals surface area contributed by atoms with Gasteiger partial charge < -0.3 is 10.2 Å². The van der Waals surface area contributed by atoms with E-state index in [1.807, 2.05) is 22.9 Å². The summed E-state index contributed by atoms with van der Waals surface area (Å²) >= 11 is 1.60. The fourth-order valence-corrected chi connectivity index (χ4v) is 4.06. The van der Waals surface area contributed by atoms with Crippen molar-refractivity contribution in [3.05, 3.63) is 35.7 Å². The molecule has 3 aromatic heterocycles. The normalized spacial score (nSPS) is 16.3. The van der Waals surface area contributed by atoms with Crippen molar-refractivity contribution in [2.75, 3.05) is 12.5 Å². The van der Waals surface area contributed by atoms with E-state index in [4.69, 9.17) is 4.74 Å². The van der Waals surface area contributed by atoms with Gasteiger partial charge in [-0.05, 0) is 34.7 Å². The molecule has 1 aromatic carbocycles. The van der Waals surface area contributed by atoms with Crippen molar-refractivity contribution in [1.29, 1.82) is 0 Å². The van der Waals surface area contributed by atoms with E-state index in [-0.39, 0.29) is 5.37 Å². The van der Waals surface area contributed by atoms with Crippen LogP contribution in [-0.4, -0.2) is 42.0 Å². The number of thioether (sulfide) groups is 1. The fourth-order valence-electron chi connectivity index (χ4n) is 3.04. The van der Waals surface area contributed by atoms with Crippen molar-refractivity contribution in [2.45, 2.75) is 23.9 Å². The van der Waals surface area contributed by atoms with E-state index in [9.17, 15) is 0 Å². The third-order valence-corrected chi connectivity index (χ3v) is 5.34. The third-order valence-electron chi connectivity index (χ3n) is 4.27. The summed E-state index contributed by atoms with van der Waals surface area (Å²) in [5.74, 6) is 1.70. The number of aromatic nitrogens is 7. The van der Waals surface area contributed by atoms with Gasteiger partial charge in [-0.25, -0.2) is 4.68 Å². The van der Waals surface area contributed by atoms with Crippen LogP contribution in [0.15, 0.2) is 29.4 Å². The Hall–Kier alpha value is -2.88. The molecule has 1 aliphatic rings. The lowest BCUT2D eigenvalue weighted by molar-refractivity contribution is 0.415. The average molecular weight is 354 g/mol. The number of hydrogen-bond acceptors (Lipinski definition) is 8. The summed E-state index contributed by atoms with van der Waals surface area (Å²) in [6.45, 7) is 2.06. The molecule has 0 bridgehead atoms. The smallest absolute Gasteiger partial charge is 0.212 e. The molecule has 0 radical (unpaired) electrons. The zero-order chi connectivity index (χ0) is 17.0. The molecule has 4 aromatic rings. The second kappa shape index (κ2) is 5.31. The molecule has 10 heteroatoms. The Morgan fingerprint density at radius 3 is 3.00 bits per heavy atom. The molecule has 25 heavy (non-hydrogen) atoms. The average Bonchev–Trinajstić information content (AvgIpc) is 3.35. The highest BCUT2D eigenvalue weighted by Crippen LogP contribution is 2.40. The van der Waals surface area contributed by atoms with Crippen molar-refractivity contribution in [3.8, 4) is 5.75 Å². The quantitative estimate of drug-likeness (QED) is 0.595. The van der Waals surface area contributed by atoms with E-state index >= 15 is 0 Å². The molecule has 126 valence electrons. The highest BCUT2D eigenvalue weighted by Gasteiger charge is 2.29. The number of benzene rings is 1. The fraction of sp³-hybridized carbons (Fsp3) is 0.267. The van der Waals surface area contributed by atoms with E-state index < -0.39 is 0 Å². The number of methoxy groups -OCH3 is 1. The highest BCUT2D eigenvalue weighted by atomic mass is 32.2. The van der Waals surface area contributed by atoms with Crippen LogP contribution in [0.1, 0.15) is 23.7 Å². The number of pyridine rings is 1. The van der Waals surface area contributed by atoms with Gasteiger partial charge in [-0.15, -0.1) is 15.3 Å². The standard InChI is InChI=1S/C15H14N8OS/c1-3-12-16-18-15-23(12)19-14(25-15)10-7-8-6-9(24-2)4-5-11(8)22-13(10)17-20-21-22/h4-7,14,19H,3H2,1-2H3. The Kier molecular flexibility index (Phi) is 3.07. The first-order valence-electron chi connectivity index (χ1n) is 7.84. The maximum Gasteiger partial charge on any atom is 0.212 e. The first-order chi connectivity index (χ1) is 12.3. The van der Waals surface area contributed by atoms with Gasteiger partial charge in [-0.1, -0.05) is 18.7 Å². The Labute approximate surface area is 146 Å². The van der Waals surface area contributed by atoms with Gasteiger partial charge in [0.05, 0.1) is 12.6 Å². The van der Waals surface area contributed by atoms with Gasteiger partial charge in [0, 0.05) is 17.4 Å². The van der Waals surface area contributed by atoms with E-state index in [1.165, 1.54) is 0 Å². The molecule has 0 amide bonds. The minimum Gasteiger partial charge on any atom is -0.497 e. The summed E-state index contributed by atoms with van der Waals surface area (Å²) < 4.78 is 9.04. The van der Waals surface area contributed by atoms with Crippen LogP contribution < -0.4 is 10.2 Å². The maximum absolute atomic E-state index is 5.35. The van der Waals surface area contributed by atoms with Crippen molar-refractivity contribution in [3.63, 3.8) is 0 Å². The van der Waals surface area contributed by atoms with Gasteiger partial charge in [-0.3, -0.25) is 0 Å². The van der Waals surface area contributed by atoms with Crippen LogP contribution in [0, 0.1) is 0 Å². The lowest BCUT2D eigenvalue weighted by atomic mass is 10.1. The molecule has 9 nitrogen and oxygen atoms in total. The number of ether oxygens (including phenoxy) is 1. The van der Waals surface area contributed by atoms with Crippen LogP contribution in [0.4, 0.5) is 0 Å². The third kappa shape index (κ3) is 2.07. The Morgan fingerprint density at radius 1 is 1.24 bits per heavy atom. The number of hydrogen-bond donors (Lipinski definition) is 1. The van der Waals surface area contributed by atoms with Gasteiger partial charge >= 0.3 is 0 Å². The van der Waals surface area contributed by atoms with Gasteiger partial charge in [0.25, 0.3) is 0 Å². The number of nitrogens with zero attached hydrogens (tertiary/aromatic N) is 7. The van der Waals surface area contributed by atoms with Crippen molar-refractivity contribution >= 4 is 28.3 Å². The van der Waals surface area contributed by atoms with Crippen LogP contribution >= 0.6 is 11.8 Å². The van der Waals surface area contributed by atoms with Crippen LogP contribution in [-0.2, 0) is 6.42 Å². The monoisotopic (exact) mass is 354 g/mol. The lowest BCUT2D eigenvalue weighted by Crippen LogP contribution is -2.16. The Bertz CT molecular complexity index is 1100. The molecule has 0 saturated heterocycles.